The van der Waals surface area contributed by atoms with Crippen LogP contribution in [-0.4, -0.2) is 38.5 Å². The van der Waals surface area contributed by atoms with Crippen LogP contribution in [0.25, 0.3) is 10.9 Å². The molecule has 0 spiro atoms. The molecule has 0 radical (unpaired) electrons. The minimum atomic E-state index is -0.649. The molecule has 2 heterocycles. The van der Waals surface area contributed by atoms with Crippen molar-refractivity contribution in [1.82, 2.24) is 9.78 Å². The molecule has 1 aliphatic rings. The van der Waals surface area contributed by atoms with Crippen molar-refractivity contribution in [2.24, 2.45) is 4.99 Å². The minimum absolute atomic E-state index is 0. The van der Waals surface area contributed by atoms with Crippen LogP contribution in [0.4, 0.5) is 0 Å². The van der Waals surface area contributed by atoms with E-state index in [1.165, 1.54) is 11.1 Å². The Labute approximate surface area is 319 Å². The molecule has 7 rings (SSSR count). The van der Waals surface area contributed by atoms with Crippen LogP contribution in [0, 0.1) is 3.70 Å². The van der Waals surface area contributed by atoms with Crippen molar-refractivity contribution in [3.63, 3.8) is 0 Å². The molecule has 1 aliphatic heterocycles. The summed E-state index contributed by atoms with van der Waals surface area (Å²) in [4.78, 5) is 4.35. The highest BCUT2D eigenvalue weighted by Gasteiger charge is 2.40. The van der Waals surface area contributed by atoms with Crippen molar-refractivity contribution in [3.8, 4) is 11.5 Å². The average Bonchev–Trinajstić information content (AvgIpc) is 3.67. The second-order valence-corrected chi connectivity index (χ2v) is 13.5. The van der Waals surface area contributed by atoms with E-state index in [9.17, 15) is 0 Å². The molecule has 0 N–H and O–H groups in total. The van der Waals surface area contributed by atoms with E-state index in [-0.39, 0.29) is 7.43 Å². The van der Waals surface area contributed by atoms with Crippen LogP contribution >= 0.6 is 68.4 Å². The van der Waals surface area contributed by atoms with E-state index < -0.39 is 5.54 Å². The van der Waals surface area contributed by atoms with Gasteiger partial charge in [-0.1, -0.05) is 104 Å². The number of hydrogen-bond donors (Lipinski definition) is 0. The first kappa shape index (κ1) is 36.2. The van der Waals surface area contributed by atoms with Gasteiger partial charge in [0.05, 0.1) is 23.8 Å². The SMILES string of the molecule is C.ClCCOc1ccc2c(c1)C(I)=NC2.ClCCOc1ccc2c(c1)c(I)nn2C(c1ccccc1)(c1ccccc1)c1ccccc1. The zero-order valence-electron chi connectivity index (χ0n) is 25.3. The van der Waals surface area contributed by atoms with Gasteiger partial charge in [0.15, 0.2) is 0 Å². The highest BCUT2D eigenvalue weighted by molar-refractivity contribution is 14.1. The predicted octanol–water partition coefficient (Wildman–Crippen LogP) is 10.7. The molecular weight excluding hydrogens is 867 g/mol. The first-order valence-corrected chi connectivity index (χ1v) is 18.3. The zero-order chi connectivity index (χ0) is 32.6. The van der Waals surface area contributed by atoms with Gasteiger partial charge >= 0.3 is 0 Å². The molecule has 6 aromatic rings. The number of hydrogen-bond acceptors (Lipinski definition) is 4. The van der Waals surface area contributed by atoms with Gasteiger partial charge in [0.2, 0.25) is 0 Å². The third-order valence-corrected chi connectivity index (χ3v) is 9.91. The lowest BCUT2D eigenvalue weighted by Gasteiger charge is -2.37. The molecule has 9 heteroatoms. The molecule has 0 saturated heterocycles. The van der Waals surface area contributed by atoms with Crippen molar-refractivity contribution in [1.29, 1.82) is 0 Å². The van der Waals surface area contributed by atoms with Crippen molar-refractivity contribution >= 4 is 83.0 Å². The highest BCUT2D eigenvalue weighted by Crippen LogP contribution is 2.43. The van der Waals surface area contributed by atoms with Crippen molar-refractivity contribution in [2.45, 2.75) is 19.5 Å². The Hall–Kier alpha value is -3.12. The zero-order valence-corrected chi connectivity index (χ0v) is 31.2. The Balaban J connectivity index is 0.000000252. The number of benzene rings is 5. The standard InChI is InChI=1S/C28H22ClIN2O.C10H9ClINO.CH4/c29-18-19-33-24-16-17-26-25(20-24)27(30)31-32(26)28(21-10-4-1-5-11-21,22-12-6-2-7-13-22)23-14-8-3-9-15-23;11-3-4-14-8-2-1-7-6-13-10(12)9(7)5-8;/h1-17,20H,18-19H2;1-2,5H,3-4,6H2;1H4. The van der Waals surface area contributed by atoms with Crippen LogP contribution in [0.5, 0.6) is 11.5 Å². The highest BCUT2D eigenvalue weighted by atomic mass is 127. The topological polar surface area (TPSA) is 48.6 Å². The Bertz CT molecular complexity index is 1870. The fourth-order valence-corrected chi connectivity index (χ4v) is 7.31. The summed E-state index contributed by atoms with van der Waals surface area (Å²) in [6.45, 7) is 1.82. The van der Waals surface area contributed by atoms with Gasteiger partial charge < -0.3 is 9.47 Å². The maximum Gasteiger partial charge on any atom is 0.138 e. The van der Waals surface area contributed by atoms with Crippen LogP contribution in [0.2, 0.25) is 0 Å². The molecule has 0 atom stereocenters. The monoisotopic (exact) mass is 901 g/mol. The maximum absolute atomic E-state index is 5.83. The quantitative estimate of drug-likeness (QED) is 0.0782. The van der Waals surface area contributed by atoms with E-state index in [0.717, 1.165) is 53.1 Å². The van der Waals surface area contributed by atoms with Crippen LogP contribution in [0.1, 0.15) is 35.2 Å². The predicted molar refractivity (Wildman–Crippen MR) is 217 cm³/mol. The van der Waals surface area contributed by atoms with Crippen molar-refractivity contribution < 1.29 is 9.47 Å². The molecule has 48 heavy (non-hydrogen) atoms. The third kappa shape index (κ3) is 7.54. The molecule has 0 aliphatic carbocycles. The Morgan fingerprint density at radius 2 is 1.17 bits per heavy atom. The van der Waals surface area contributed by atoms with Crippen molar-refractivity contribution in [2.75, 3.05) is 25.0 Å². The average molecular weight is 902 g/mol. The fraction of sp³-hybridized carbons (Fsp3) is 0.179. The lowest BCUT2D eigenvalue weighted by atomic mass is 9.77. The van der Waals surface area contributed by atoms with Crippen LogP contribution < -0.4 is 9.47 Å². The number of nitrogens with zero attached hydrogens (tertiary/aromatic N) is 3. The number of alkyl halides is 2. The molecule has 0 fully saturated rings. The van der Waals surface area contributed by atoms with Crippen molar-refractivity contribution in [3.05, 3.63) is 159 Å². The molecule has 0 amide bonds. The molecule has 5 aromatic carbocycles. The second kappa shape index (κ2) is 17.0. The van der Waals surface area contributed by atoms with Gasteiger partial charge in [-0.15, -0.1) is 23.2 Å². The van der Waals surface area contributed by atoms with E-state index in [1.807, 2.05) is 18.2 Å². The Kier molecular flexibility index (Phi) is 12.8. The summed E-state index contributed by atoms with van der Waals surface area (Å²) >= 11 is 15.9. The maximum atomic E-state index is 5.83. The summed E-state index contributed by atoms with van der Waals surface area (Å²) in [6.07, 6.45) is 0. The molecule has 0 bridgehead atoms. The van der Waals surface area contributed by atoms with Crippen LogP contribution in [0.3, 0.4) is 0 Å². The van der Waals surface area contributed by atoms with Crippen LogP contribution in [0.15, 0.2) is 132 Å². The molecule has 0 unspecified atom stereocenters. The normalized spacial score (nSPS) is 12.0. The summed E-state index contributed by atoms with van der Waals surface area (Å²) in [6, 6.07) is 44.0. The Morgan fingerprint density at radius 1 is 0.667 bits per heavy atom. The summed E-state index contributed by atoms with van der Waals surface area (Å²) < 4.78 is 15.4. The number of halogens is 4. The number of aromatic nitrogens is 2. The number of aliphatic imine (C=N–C) groups is 1. The van der Waals surface area contributed by atoms with Gasteiger partial charge in [0.1, 0.15) is 37.7 Å². The van der Waals surface area contributed by atoms with Gasteiger partial charge in [-0.3, -0.25) is 4.99 Å². The molecule has 0 saturated carbocycles. The van der Waals surface area contributed by atoms with Gasteiger partial charge in [-0.2, -0.15) is 5.10 Å². The summed E-state index contributed by atoms with van der Waals surface area (Å²) in [7, 11) is 0. The fourth-order valence-electron chi connectivity index (χ4n) is 5.84. The number of rotatable bonds is 10. The van der Waals surface area contributed by atoms with E-state index in [4.69, 9.17) is 37.8 Å². The molecule has 246 valence electrons. The minimum Gasteiger partial charge on any atom is -0.492 e. The van der Waals surface area contributed by atoms with Crippen LogP contribution in [-0.2, 0) is 12.1 Å². The first-order valence-electron chi connectivity index (χ1n) is 15.1. The summed E-state index contributed by atoms with van der Waals surface area (Å²) in [5, 5.41) is 6.19. The summed E-state index contributed by atoms with van der Waals surface area (Å²) in [5.74, 6) is 2.64. The smallest absolute Gasteiger partial charge is 0.138 e. The lowest BCUT2D eigenvalue weighted by Crippen LogP contribution is -2.38. The van der Waals surface area contributed by atoms with E-state index in [0.29, 0.717) is 25.0 Å². The van der Waals surface area contributed by atoms with Gasteiger partial charge in [0.25, 0.3) is 0 Å². The second-order valence-electron chi connectivity index (χ2n) is 10.7. The van der Waals surface area contributed by atoms with E-state index >= 15 is 0 Å². The number of fused-ring (bicyclic) bond motifs is 2. The van der Waals surface area contributed by atoms with Gasteiger partial charge in [-0.25, -0.2) is 4.68 Å². The van der Waals surface area contributed by atoms with E-state index in [1.54, 1.807) is 0 Å². The molecule has 1 aromatic heterocycles. The van der Waals surface area contributed by atoms with Gasteiger partial charge in [-0.05, 0) is 97.8 Å². The first-order chi connectivity index (χ1) is 23.1. The lowest BCUT2D eigenvalue weighted by molar-refractivity contribution is 0.342. The molecule has 5 nitrogen and oxygen atoms in total. The third-order valence-electron chi connectivity index (χ3n) is 7.88. The largest absolute Gasteiger partial charge is 0.492 e. The van der Waals surface area contributed by atoms with Gasteiger partial charge in [0, 0.05) is 10.9 Å². The summed E-state index contributed by atoms with van der Waals surface area (Å²) in [5.41, 5.74) is 6.28. The Morgan fingerprint density at radius 3 is 1.69 bits per heavy atom. The molecular formula is C39H35Cl2I2N3O2. The van der Waals surface area contributed by atoms with E-state index in [2.05, 4.69) is 164 Å². The number of ether oxygens (including phenoxy) is 2.